The second-order valence-corrected chi connectivity index (χ2v) is 7.41. The minimum absolute atomic E-state index is 0.145. The molecule has 1 heterocycles. The Labute approximate surface area is 106 Å². The van der Waals surface area contributed by atoms with E-state index in [2.05, 4.69) is 31.0 Å². The van der Waals surface area contributed by atoms with Gasteiger partial charge in [0.15, 0.2) is 9.84 Å². The van der Waals surface area contributed by atoms with Crippen LogP contribution in [0.15, 0.2) is 0 Å². The van der Waals surface area contributed by atoms with Crippen LogP contribution < -0.4 is 5.32 Å². The van der Waals surface area contributed by atoms with Crippen LogP contribution in [0.25, 0.3) is 0 Å². The summed E-state index contributed by atoms with van der Waals surface area (Å²) in [6.45, 7) is 9.26. The Bertz CT molecular complexity index is 314. The molecule has 0 saturated carbocycles. The topological polar surface area (TPSA) is 49.4 Å². The molecule has 102 valence electrons. The highest BCUT2D eigenvalue weighted by molar-refractivity contribution is 7.91. The van der Waals surface area contributed by atoms with Crippen LogP contribution in [0.4, 0.5) is 0 Å². The van der Waals surface area contributed by atoms with Crippen molar-refractivity contribution in [2.75, 3.05) is 31.1 Å². The summed E-state index contributed by atoms with van der Waals surface area (Å²) in [4.78, 5) is 2.42. The first-order valence-corrected chi connectivity index (χ1v) is 8.44. The molecule has 0 bridgehead atoms. The van der Waals surface area contributed by atoms with Crippen molar-refractivity contribution in [3.05, 3.63) is 0 Å². The van der Waals surface area contributed by atoms with Crippen LogP contribution in [0, 0.1) is 0 Å². The third-order valence-electron chi connectivity index (χ3n) is 3.31. The zero-order valence-electron chi connectivity index (χ0n) is 11.3. The lowest BCUT2D eigenvalue weighted by atomic mass is 10.2. The SMILES string of the molecule is CCCN(CCC1CS(=O)(=O)CCN1)C(C)C. The Kier molecular flexibility index (Phi) is 5.89. The van der Waals surface area contributed by atoms with Gasteiger partial charge in [-0.15, -0.1) is 0 Å². The second-order valence-electron chi connectivity index (χ2n) is 5.18. The van der Waals surface area contributed by atoms with Crippen molar-refractivity contribution in [2.24, 2.45) is 0 Å². The lowest BCUT2D eigenvalue weighted by Crippen LogP contribution is -2.47. The third-order valence-corrected chi connectivity index (χ3v) is 5.04. The van der Waals surface area contributed by atoms with Gasteiger partial charge in [0.1, 0.15) is 0 Å². The molecule has 1 aliphatic rings. The molecule has 0 aromatic carbocycles. The van der Waals surface area contributed by atoms with Crippen molar-refractivity contribution >= 4 is 9.84 Å². The van der Waals surface area contributed by atoms with Gasteiger partial charge >= 0.3 is 0 Å². The molecule has 1 rings (SSSR count). The van der Waals surface area contributed by atoms with Gasteiger partial charge in [0.2, 0.25) is 0 Å². The quantitative estimate of drug-likeness (QED) is 0.772. The van der Waals surface area contributed by atoms with Crippen molar-refractivity contribution in [2.45, 2.75) is 45.7 Å². The van der Waals surface area contributed by atoms with E-state index in [-0.39, 0.29) is 6.04 Å². The Morgan fingerprint density at radius 2 is 2.06 bits per heavy atom. The van der Waals surface area contributed by atoms with Crippen molar-refractivity contribution in [1.82, 2.24) is 10.2 Å². The highest BCUT2D eigenvalue weighted by atomic mass is 32.2. The summed E-state index contributed by atoms with van der Waals surface area (Å²) in [5.41, 5.74) is 0. The number of nitrogens with zero attached hydrogens (tertiary/aromatic N) is 1. The summed E-state index contributed by atoms with van der Waals surface area (Å²) in [6, 6.07) is 0.682. The van der Waals surface area contributed by atoms with E-state index in [1.165, 1.54) is 0 Å². The van der Waals surface area contributed by atoms with Crippen LogP contribution in [-0.2, 0) is 9.84 Å². The summed E-state index contributed by atoms with van der Waals surface area (Å²) >= 11 is 0. The molecule has 0 aliphatic carbocycles. The van der Waals surface area contributed by atoms with Crippen LogP contribution in [0.3, 0.4) is 0 Å². The normalized spacial score (nSPS) is 24.4. The maximum Gasteiger partial charge on any atom is 0.153 e. The number of hydrogen-bond acceptors (Lipinski definition) is 4. The Morgan fingerprint density at radius 3 is 2.59 bits per heavy atom. The van der Waals surface area contributed by atoms with Crippen molar-refractivity contribution in [3.8, 4) is 0 Å². The molecule has 1 fully saturated rings. The Hall–Kier alpha value is -0.130. The molecule has 0 aromatic heterocycles. The first kappa shape index (κ1) is 14.9. The first-order valence-electron chi connectivity index (χ1n) is 6.62. The summed E-state index contributed by atoms with van der Waals surface area (Å²) in [6.07, 6.45) is 2.08. The predicted molar refractivity (Wildman–Crippen MR) is 72.1 cm³/mol. The van der Waals surface area contributed by atoms with Crippen LogP contribution >= 0.6 is 0 Å². The molecule has 0 radical (unpaired) electrons. The lowest BCUT2D eigenvalue weighted by Gasteiger charge is -2.30. The van der Waals surface area contributed by atoms with Gasteiger partial charge in [-0.2, -0.15) is 0 Å². The number of sulfone groups is 1. The molecular weight excluding hydrogens is 236 g/mol. The molecule has 1 saturated heterocycles. The van der Waals surface area contributed by atoms with E-state index in [0.29, 0.717) is 24.1 Å². The van der Waals surface area contributed by atoms with E-state index in [1.54, 1.807) is 0 Å². The third kappa shape index (κ3) is 5.36. The fraction of sp³-hybridized carbons (Fsp3) is 1.00. The highest BCUT2D eigenvalue weighted by Crippen LogP contribution is 2.08. The second kappa shape index (κ2) is 6.71. The molecule has 1 unspecified atom stereocenters. The average Bonchev–Trinajstić information content (AvgIpc) is 2.22. The minimum atomic E-state index is -2.79. The molecule has 4 nitrogen and oxygen atoms in total. The van der Waals surface area contributed by atoms with Crippen LogP contribution in [0.5, 0.6) is 0 Å². The van der Waals surface area contributed by atoms with Crippen LogP contribution in [0.1, 0.15) is 33.6 Å². The van der Waals surface area contributed by atoms with E-state index in [0.717, 1.165) is 25.9 Å². The predicted octanol–water partition coefficient (Wildman–Crippen LogP) is 0.884. The lowest BCUT2D eigenvalue weighted by molar-refractivity contribution is 0.211. The Balaban J connectivity index is 2.38. The van der Waals surface area contributed by atoms with Gasteiger partial charge in [-0.3, -0.25) is 0 Å². The molecule has 0 amide bonds. The summed E-state index contributed by atoms with van der Waals surface area (Å²) < 4.78 is 23.0. The zero-order chi connectivity index (χ0) is 12.9. The van der Waals surface area contributed by atoms with Gasteiger partial charge in [-0.05, 0) is 39.8 Å². The van der Waals surface area contributed by atoms with Gasteiger partial charge < -0.3 is 10.2 Å². The summed E-state index contributed by atoms with van der Waals surface area (Å²) in [5, 5.41) is 3.31. The molecule has 17 heavy (non-hydrogen) atoms. The average molecular weight is 262 g/mol. The molecule has 5 heteroatoms. The van der Waals surface area contributed by atoms with E-state index in [4.69, 9.17) is 0 Å². The fourth-order valence-corrected chi connectivity index (χ4v) is 3.78. The van der Waals surface area contributed by atoms with E-state index in [1.807, 2.05) is 0 Å². The van der Waals surface area contributed by atoms with E-state index in [9.17, 15) is 8.42 Å². The van der Waals surface area contributed by atoms with Crippen molar-refractivity contribution < 1.29 is 8.42 Å². The fourth-order valence-electron chi connectivity index (χ4n) is 2.29. The smallest absolute Gasteiger partial charge is 0.153 e. The zero-order valence-corrected chi connectivity index (χ0v) is 12.1. The van der Waals surface area contributed by atoms with Gasteiger partial charge in [0.05, 0.1) is 11.5 Å². The molecule has 0 spiro atoms. The molecular formula is C12H26N2O2S. The number of rotatable bonds is 6. The summed E-state index contributed by atoms with van der Waals surface area (Å²) in [5.74, 6) is 0.609. The van der Waals surface area contributed by atoms with E-state index >= 15 is 0 Å². The highest BCUT2D eigenvalue weighted by Gasteiger charge is 2.24. The first-order chi connectivity index (χ1) is 7.94. The van der Waals surface area contributed by atoms with Gasteiger partial charge in [0.25, 0.3) is 0 Å². The van der Waals surface area contributed by atoms with Gasteiger partial charge in [-0.1, -0.05) is 6.92 Å². The Morgan fingerprint density at radius 1 is 1.35 bits per heavy atom. The van der Waals surface area contributed by atoms with Gasteiger partial charge in [0, 0.05) is 18.6 Å². The molecule has 1 atom stereocenters. The van der Waals surface area contributed by atoms with Crippen LogP contribution in [-0.4, -0.2) is 56.5 Å². The minimum Gasteiger partial charge on any atom is -0.312 e. The molecule has 0 aromatic rings. The number of nitrogens with one attached hydrogen (secondary N) is 1. The van der Waals surface area contributed by atoms with Crippen LogP contribution in [0.2, 0.25) is 0 Å². The monoisotopic (exact) mass is 262 g/mol. The molecule has 1 N–H and O–H groups in total. The largest absolute Gasteiger partial charge is 0.312 e. The standard InChI is InChI=1S/C12H26N2O2S/c1-4-7-14(11(2)3)8-5-12-10-17(15,16)9-6-13-12/h11-13H,4-10H2,1-3H3. The van der Waals surface area contributed by atoms with E-state index < -0.39 is 9.84 Å². The van der Waals surface area contributed by atoms with Crippen molar-refractivity contribution in [1.29, 1.82) is 0 Å². The maximum atomic E-state index is 11.5. The molecule has 1 aliphatic heterocycles. The van der Waals surface area contributed by atoms with Crippen molar-refractivity contribution in [3.63, 3.8) is 0 Å². The maximum absolute atomic E-state index is 11.5. The number of hydrogen-bond donors (Lipinski definition) is 1. The van der Waals surface area contributed by atoms with Gasteiger partial charge in [-0.25, -0.2) is 8.42 Å². The summed E-state index contributed by atoms with van der Waals surface area (Å²) in [7, 11) is -2.79.